The van der Waals surface area contributed by atoms with Crippen molar-refractivity contribution in [2.45, 2.75) is 0 Å². The SMILES string of the molecule is O=C(Nc1ccc(F)c(F)c1)c1cc2ccccc2cc1O. The summed E-state index contributed by atoms with van der Waals surface area (Å²) >= 11 is 0. The fourth-order valence-corrected chi connectivity index (χ4v) is 2.18. The third-order valence-electron chi connectivity index (χ3n) is 3.29. The van der Waals surface area contributed by atoms with Crippen LogP contribution >= 0.6 is 0 Å². The summed E-state index contributed by atoms with van der Waals surface area (Å²) in [5, 5.41) is 14.0. The Hall–Kier alpha value is -2.95. The van der Waals surface area contributed by atoms with Crippen molar-refractivity contribution in [3.63, 3.8) is 0 Å². The Kier molecular flexibility index (Phi) is 3.47. The molecule has 0 aliphatic heterocycles. The number of halogens is 2. The van der Waals surface area contributed by atoms with E-state index in [-0.39, 0.29) is 17.0 Å². The lowest BCUT2D eigenvalue weighted by Crippen LogP contribution is -2.12. The molecule has 3 aromatic carbocycles. The van der Waals surface area contributed by atoms with Crippen LogP contribution in [0.2, 0.25) is 0 Å². The number of phenols is 1. The minimum atomic E-state index is -1.06. The molecule has 0 spiro atoms. The normalized spacial score (nSPS) is 10.6. The van der Waals surface area contributed by atoms with Gasteiger partial charge in [-0.25, -0.2) is 8.78 Å². The molecular weight excluding hydrogens is 288 g/mol. The highest BCUT2D eigenvalue weighted by atomic mass is 19.2. The van der Waals surface area contributed by atoms with E-state index in [9.17, 15) is 18.7 Å². The number of anilines is 1. The molecule has 22 heavy (non-hydrogen) atoms. The van der Waals surface area contributed by atoms with Crippen molar-refractivity contribution >= 4 is 22.4 Å². The van der Waals surface area contributed by atoms with Gasteiger partial charge >= 0.3 is 0 Å². The number of hydrogen-bond acceptors (Lipinski definition) is 2. The monoisotopic (exact) mass is 299 g/mol. The lowest BCUT2D eigenvalue weighted by molar-refractivity contribution is 0.102. The predicted octanol–water partition coefficient (Wildman–Crippen LogP) is 4.08. The van der Waals surface area contributed by atoms with Crippen LogP contribution in [0.5, 0.6) is 5.75 Å². The van der Waals surface area contributed by atoms with Gasteiger partial charge in [0.1, 0.15) is 5.75 Å². The third kappa shape index (κ3) is 2.61. The molecule has 0 saturated carbocycles. The van der Waals surface area contributed by atoms with Gasteiger partial charge in [-0.1, -0.05) is 24.3 Å². The van der Waals surface area contributed by atoms with Crippen LogP contribution in [-0.2, 0) is 0 Å². The average molecular weight is 299 g/mol. The zero-order valence-electron chi connectivity index (χ0n) is 11.3. The van der Waals surface area contributed by atoms with Crippen LogP contribution in [0.25, 0.3) is 10.8 Å². The van der Waals surface area contributed by atoms with E-state index in [1.54, 1.807) is 6.07 Å². The van der Waals surface area contributed by atoms with Crippen molar-refractivity contribution in [3.8, 4) is 5.75 Å². The topological polar surface area (TPSA) is 49.3 Å². The van der Waals surface area contributed by atoms with Crippen molar-refractivity contribution < 1.29 is 18.7 Å². The number of aromatic hydroxyl groups is 1. The van der Waals surface area contributed by atoms with Gasteiger partial charge < -0.3 is 10.4 Å². The van der Waals surface area contributed by atoms with Crippen LogP contribution in [0.1, 0.15) is 10.4 Å². The van der Waals surface area contributed by atoms with Gasteiger partial charge in [-0.05, 0) is 35.0 Å². The molecule has 110 valence electrons. The summed E-state index contributed by atoms with van der Waals surface area (Å²) in [6.07, 6.45) is 0. The first kappa shape index (κ1) is 14.0. The van der Waals surface area contributed by atoms with Crippen LogP contribution in [-0.4, -0.2) is 11.0 Å². The van der Waals surface area contributed by atoms with E-state index < -0.39 is 17.5 Å². The first-order valence-corrected chi connectivity index (χ1v) is 6.53. The van der Waals surface area contributed by atoms with E-state index in [1.807, 2.05) is 24.3 Å². The molecule has 0 saturated heterocycles. The van der Waals surface area contributed by atoms with E-state index in [4.69, 9.17) is 0 Å². The first-order valence-electron chi connectivity index (χ1n) is 6.53. The number of phenolic OH excluding ortho intramolecular Hbond substituents is 1. The number of fused-ring (bicyclic) bond motifs is 1. The maximum Gasteiger partial charge on any atom is 0.259 e. The molecule has 0 aliphatic rings. The maximum absolute atomic E-state index is 13.1. The second kappa shape index (κ2) is 5.44. The van der Waals surface area contributed by atoms with Gasteiger partial charge in [-0.2, -0.15) is 0 Å². The molecule has 5 heteroatoms. The van der Waals surface area contributed by atoms with E-state index in [1.165, 1.54) is 12.1 Å². The first-order chi connectivity index (χ1) is 10.5. The Balaban J connectivity index is 1.94. The van der Waals surface area contributed by atoms with Crippen LogP contribution in [0.4, 0.5) is 14.5 Å². The van der Waals surface area contributed by atoms with Gasteiger partial charge in [0.15, 0.2) is 11.6 Å². The van der Waals surface area contributed by atoms with Crippen LogP contribution in [0.15, 0.2) is 54.6 Å². The molecule has 3 aromatic rings. The maximum atomic E-state index is 13.1. The van der Waals surface area contributed by atoms with Crippen LogP contribution in [0, 0.1) is 11.6 Å². The molecule has 0 aliphatic carbocycles. The molecule has 1 amide bonds. The zero-order chi connectivity index (χ0) is 15.7. The van der Waals surface area contributed by atoms with Gasteiger partial charge in [-0.15, -0.1) is 0 Å². The highest BCUT2D eigenvalue weighted by Gasteiger charge is 2.13. The summed E-state index contributed by atoms with van der Waals surface area (Å²) in [5.74, 6) is -2.83. The molecule has 0 radical (unpaired) electrons. The van der Waals surface area contributed by atoms with E-state index in [2.05, 4.69) is 5.32 Å². The Morgan fingerprint density at radius 1 is 0.909 bits per heavy atom. The molecule has 2 N–H and O–H groups in total. The number of amides is 1. The lowest BCUT2D eigenvalue weighted by atomic mass is 10.1. The number of carbonyl (C=O) groups excluding carboxylic acids is 1. The summed E-state index contributed by atoms with van der Waals surface area (Å²) in [5.41, 5.74) is 0.167. The standard InChI is InChI=1S/C17H11F2NO2/c18-14-6-5-12(9-15(14)19)20-17(22)13-7-10-3-1-2-4-11(10)8-16(13)21/h1-9,21H,(H,20,22). The minimum absolute atomic E-state index is 0.0587. The Morgan fingerprint density at radius 2 is 1.59 bits per heavy atom. The molecule has 0 bridgehead atoms. The summed E-state index contributed by atoms with van der Waals surface area (Å²) in [7, 11) is 0. The molecule has 0 aromatic heterocycles. The number of hydrogen-bond donors (Lipinski definition) is 2. The fourth-order valence-electron chi connectivity index (χ4n) is 2.18. The number of carbonyl (C=O) groups is 1. The highest BCUT2D eigenvalue weighted by molar-refractivity contribution is 6.08. The number of nitrogens with one attached hydrogen (secondary N) is 1. The van der Waals surface area contributed by atoms with E-state index >= 15 is 0 Å². The average Bonchev–Trinajstić information content (AvgIpc) is 2.50. The fraction of sp³-hybridized carbons (Fsp3) is 0. The number of rotatable bonds is 2. The van der Waals surface area contributed by atoms with E-state index in [0.29, 0.717) is 0 Å². The Morgan fingerprint density at radius 3 is 2.27 bits per heavy atom. The van der Waals surface area contributed by atoms with Gasteiger partial charge in [0, 0.05) is 11.8 Å². The van der Waals surface area contributed by atoms with Gasteiger partial charge in [0.2, 0.25) is 0 Å². The summed E-state index contributed by atoms with van der Waals surface area (Å²) in [6.45, 7) is 0. The molecule has 3 rings (SSSR count). The number of benzene rings is 3. The lowest BCUT2D eigenvalue weighted by Gasteiger charge is -2.09. The second-order valence-electron chi connectivity index (χ2n) is 4.80. The summed E-state index contributed by atoms with van der Waals surface area (Å²) < 4.78 is 26.0. The van der Waals surface area contributed by atoms with Crippen LogP contribution in [0.3, 0.4) is 0 Å². The van der Waals surface area contributed by atoms with Crippen molar-refractivity contribution in [1.82, 2.24) is 0 Å². The van der Waals surface area contributed by atoms with E-state index in [0.717, 1.165) is 22.9 Å². The molecule has 0 atom stereocenters. The quantitative estimate of drug-likeness (QED) is 0.749. The van der Waals surface area contributed by atoms with Crippen molar-refractivity contribution in [3.05, 3.63) is 71.8 Å². The van der Waals surface area contributed by atoms with Crippen molar-refractivity contribution in [1.29, 1.82) is 0 Å². The Labute approximate surface area is 124 Å². The van der Waals surface area contributed by atoms with Gasteiger partial charge in [0.05, 0.1) is 5.56 Å². The van der Waals surface area contributed by atoms with Gasteiger partial charge in [0.25, 0.3) is 5.91 Å². The third-order valence-corrected chi connectivity index (χ3v) is 3.29. The molecule has 0 fully saturated rings. The van der Waals surface area contributed by atoms with Gasteiger partial charge in [-0.3, -0.25) is 4.79 Å². The Bertz CT molecular complexity index is 878. The van der Waals surface area contributed by atoms with Crippen molar-refractivity contribution in [2.24, 2.45) is 0 Å². The second-order valence-corrected chi connectivity index (χ2v) is 4.80. The smallest absolute Gasteiger partial charge is 0.259 e. The minimum Gasteiger partial charge on any atom is -0.507 e. The van der Waals surface area contributed by atoms with Crippen LogP contribution < -0.4 is 5.32 Å². The predicted molar refractivity (Wildman–Crippen MR) is 79.9 cm³/mol. The summed E-state index contributed by atoms with van der Waals surface area (Å²) in [4.78, 5) is 12.2. The molecule has 0 unspecified atom stereocenters. The highest BCUT2D eigenvalue weighted by Crippen LogP contribution is 2.26. The molecule has 3 nitrogen and oxygen atoms in total. The summed E-state index contributed by atoms with van der Waals surface area (Å²) in [6, 6.07) is 13.3. The largest absolute Gasteiger partial charge is 0.507 e. The molecule has 0 heterocycles. The zero-order valence-corrected chi connectivity index (χ0v) is 11.3. The van der Waals surface area contributed by atoms with Crippen molar-refractivity contribution in [2.75, 3.05) is 5.32 Å². The molecular formula is C17H11F2NO2.